The lowest BCUT2D eigenvalue weighted by Crippen LogP contribution is -2.38. The van der Waals surface area contributed by atoms with Gasteiger partial charge in [0.15, 0.2) is 5.58 Å². The summed E-state index contributed by atoms with van der Waals surface area (Å²) in [6.45, 7) is 1.59. The molecule has 3 N–H and O–H groups in total. The highest BCUT2D eigenvalue weighted by Crippen LogP contribution is 2.30. The number of nitrogens with zero attached hydrogens (tertiary/aromatic N) is 3. The first-order chi connectivity index (χ1) is 16.3. The quantitative estimate of drug-likeness (QED) is 0.381. The molecule has 1 aromatic heterocycles. The first-order valence-corrected chi connectivity index (χ1v) is 11.0. The number of aromatic nitrogens is 1. The summed E-state index contributed by atoms with van der Waals surface area (Å²) in [5.74, 6) is -1.22. The van der Waals surface area contributed by atoms with Crippen molar-refractivity contribution >= 4 is 40.0 Å². The lowest BCUT2D eigenvalue weighted by atomic mass is 9.96. The zero-order valence-corrected chi connectivity index (χ0v) is 18.4. The number of nitro benzene ring substituents is 1. The highest BCUT2D eigenvalue weighted by Gasteiger charge is 2.24. The van der Waals surface area contributed by atoms with Gasteiger partial charge >= 0.3 is 5.76 Å². The van der Waals surface area contributed by atoms with Gasteiger partial charge in [0.2, 0.25) is 11.8 Å². The van der Waals surface area contributed by atoms with Crippen molar-refractivity contribution in [1.29, 1.82) is 0 Å². The van der Waals surface area contributed by atoms with E-state index in [1.54, 1.807) is 0 Å². The van der Waals surface area contributed by atoms with E-state index in [-0.39, 0.29) is 42.0 Å². The van der Waals surface area contributed by atoms with E-state index in [1.165, 1.54) is 22.8 Å². The third kappa shape index (κ3) is 4.92. The number of hydrogen-bond donors (Lipinski definition) is 2. The molecule has 1 fully saturated rings. The van der Waals surface area contributed by atoms with Gasteiger partial charge in [-0.25, -0.2) is 4.79 Å². The van der Waals surface area contributed by atoms with E-state index in [4.69, 9.17) is 10.2 Å². The predicted octanol–water partition coefficient (Wildman–Crippen LogP) is 2.62. The molecule has 0 bridgehead atoms. The fraction of sp³-hybridized carbons (Fsp3) is 0.348. The lowest BCUT2D eigenvalue weighted by Gasteiger charge is -2.33. The number of oxazole rings is 1. The van der Waals surface area contributed by atoms with Crippen LogP contribution in [0.3, 0.4) is 0 Å². The summed E-state index contributed by atoms with van der Waals surface area (Å²) in [5, 5.41) is 13.8. The van der Waals surface area contributed by atoms with Crippen molar-refractivity contribution in [2.75, 3.05) is 23.3 Å². The minimum absolute atomic E-state index is 0.119. The molecule has 2 aromatic carbocycles. The molecule has 0 atom stereocenters. The molecule has 11 nitrogen and oxygen atoms in total. The van der Waals surface area contributed by atoms with Gasteiger partial charge < -0.3 is 20.4 Å². The molecule has 4 rings (SSSR count). The smallest absolute Gasteiger partial charge is 0.407 e. The molecule has 11 heteroatoms. The van der Waals surface area contributed by atoms with Gasteiger partial charge in [0.25, 0.3) is 5.69 Å². The van der Waals surface area contributed by atoms with E-state index in [0.29, 0.717) is 43.6 Å². The second kappa shape index (κ2) is 9.77. The van der Waals surface area contributed by atoms with Crippen LogP contribution in [0, 0.1) is 16.0 Å². The maximum atomic E-state index is 12.6. The first kappa shape index (κ1) is 23.0. The number of nitrogens with one attached hydrogen (secondary N) is 1. The molecular formula is C23H25N5O6. The molecule has 0 saturated carbocycles. The third-order valence-electron chi connectivity index (χ3n) is 6.06. The molecule has 1 saturated heterocycles. The van der Waals surface area contributed by atoms with Crippen LogP contribution in [-0.4, -0.2) is 34.4 Å². The number of anilines is 2. The van der Waals surface area contributed by atoms with E-state index >= 15 is 0 Å². The molecule has 2 heterocycles. The Balaban J connectivity index is 1.37. The fourth-order valence-electron chi connectivity index (χ4n) is 4.25. The Labute approximate surface area is 194 Å². The Morgan fingerprint density at radius 2 is 1.91 bits per heavy atom. The standard InChI is InChI=1S/C23H25N5O6/c24-22(30)15-9-12-26(13-10-15)18-5-2-1-4-17(18)25-21(29)6-3-11-27-19-8-7-16(28(32)33)14-20(19)34-23(27)31/h1-2,4-5,7-8,14-15H,3,6,9-13H2,(H2,24,30)(H,25,29). The molecule has 0 spiro atoms. The highest BCUT2D eigenvalue weighted by atomic mass is 16.6. The van der Waals surface area contributed by atoms with E-state index in [9.17, 15) is 24.5 Å². The van der Waals surface area contributed by atoms with Crippen LogP contribution in [0.2, 0.25) is 0 Å². The molecule has 1 aliphatic rings. The number of carbonyl (C=O) groups is 2. The number of non-ortho nitro benzene ring substituents is 1. The van der Waals surface area contributed by atoms with Gasteiger partial charge in [-0.3, -0.25) is 24.3 Å². The largest absolute Gasteiger partial charge is 0.419 e. The Bertz CT molecular complexity index is 1290. The number of para-hydroxylation sites is 2. The number of hydrogen-bond acceptors (Lipinski definition) is 7. The fourth-order valence-corrected chi connectivity index (χ4v) is 4.25. The van der Waals surface area contributed by atoms with Crippen LogP contribution in [0.4, 0.5) is 17.1 Å². The summed E-state index contributed by atoms with van der Waals surface area (Å²) >= 11 is 0. The van der Waals surface area contributed by atoms with Crippen LogP contribution in [0.5, 0.6) is 0 Å². The van der Waals surface area contributed by atoms with Crippen LogP contribution in [0.1, 0.15) is 25.7 Å². The van der Waals surface area contributed by atoms with Crippen molar-refractivity contribution in [1.82, 2.24) is 4.57 Å². The zero-order valence-electron chi connectivity index (χ0n) is 18.4. The summed E-state index contributed by atoms with van der Waals surface area (Å²) < 4.78 is 6.48. The molecule has 34 heavy (non-hydrogen) atoms. The summed E-state index contributed by atoms with van der Waals surface area (Å²) in [6.07, 6.45) is 1.90. The predicted molar refractivity (Wildman–Crippen MR) is 126 cm³/mol. The molecule has 0 unspecified atom stereocenters. The number of carbonyl (C=O) groups excluding carboxylic acids is 2. The Kier molecular flexibility index (Phi) is 6.62. The van der Waals surface area contributed by atoms with Crippen LogP contribution in [0.15, 0.2) is 51.7 Å². The lowest BCUT2D eigenvalue weighted by molar-refractivity contribution is -0.384. The Hall–Kier alpha value is -4.15. The van der Waals surface area contributed by atoms with Crippen molar-refractivity contribution in [3.05, 3.63) is 63.1 Å². The SMILES string of the molecule is NC(=O)C1CCN(c2ccccc2NC(=O)CCCn2c(=O)oc3cc([N+](=O)[O-])ccc32)CC1. The van der Waals surface area contributed by atoms with Gasteiger partial charge in [-0.15, -0.1) is 0 Å². The van der Waals surface area contributed by atoms with Gasteiger partial charge in [-0.1, -0.05) is 12.1 Å². The molecular weight excluding hydrogens is 442 g/mol. The summed E-state index contributed by atoms with van der Waals surface area (Å²) in [7, 11) is 0. The summed E-state index contributed by atoms with van der Waals surface area (Å²) in [6, 6.07) is 11.5. The molecule has 178 valence electrons. The van der Waals surface area contributed by atoms with Crippen molar-refractivity contribution < 1.29 is 18.9 Å². The van der Waals surface area contributed by atoms with Crippen LogP contribution in [0.25, 0.3) is 11.1 Å². The van der Waals surface area contributed by atoms with Crippen molar-refractivity contribution in [2.24, 2.45) is 11.7 Å². The van der Waals surface area contributed by atoms with Crippen LogP contribution < -0.4 is 21.7 Å². The summed E-state index contributed by atoms with van der Waals surface area (Å²) in [5.41, 5.74) is 7.41. The van der Waals surface area contributed by atoms with E-state index in [2.05, 4.69) is 10.2 Å². The topological polar surface area (TPSA) is 154 Å². The number of benzene rings is 2. The van der Waals surface area contributed by atoms with Gasteiger partial charge in [-0.05, 0) is 37.5 Å². The number of rotatable bonds is 8. The van der Waals surface area contributed by atoms with Crippen LogP contribution >= 0.6 is 0 Å². The second-order valence-corrected chi connectivity index (χ2v) is 8.26. The molecule has 2 amide bonds. The minimum Gasteiger partial charge on any atom is -0.407 e. The van der Waals surface area contributed by atoms with Gasteiger partial charge in [0.1, 0.15) is 0 Å². The number of piperidine rings is 1. The maximum absolute atomic E-state index is 12.6. The molecule has 1 aliphatic heterocycles. The van der Waals surface area contributed by atoms with Crippen molar-refractivity contribution in [3.8, 4) is 0 Å². The average Bonchev–Trinajstić information content (AvgIpc) is 3.13. The summed E-state index contributed by atoms with van der Waals surface area (Å²) in [4.78, 5) is 48.7. The third-order valence-corrected chi connectivity index (χ3v) is 6.06. The Morgan fingerprint density at radius 3 is 2.62 bits per heavy atom. The molecule has 0 radical (unpaired) electrons. The Morgan fingerprint density at radius 1 is 1.18 bits per heavy atom. The van der Waals surface area contributed by atoms with E-state index in [0.717, 1.165) is 5.69 Å². The van der Waals surface area contributed by atoms with E-state index < -0.39 is 10.7 Å². The number of aryl methyl sites for hydroxylation is 1. The number of primary amides is 1. The first-order valence-electron chi connectivity index (χ1n) is 11.0. The van der Waals surface area contributed by atoms with Gasteiger partial charge in [0.05, 0.1) is 27.9 Å². The van der Waals surface area contributed by atoms with Crippen molar-refractivity contribution in [3.63, 3.8) is 0 Å². The van der Waals surface area contributed by atoms with E-state index in [1.807, 2.05) is 24.3 Å². The number of nitrogens with two attached hydrogens (primary N) is 1. The molecule has 3 aromatic rings. The number of amides is 2. The average molecular weight is 467 g/mol. The van der Waals surface area contributed by atoms with Crippen LogP contribution in [-0.2, 0) is 16.1 Å². The number of fused-ring (bicyclic) bond motifs is 1. The minimum atomic E-state index is -0.624. The second-order valence-electron chi connectivity index (χ2n) is 8.26. The number of nitro groups is 1. The monoisotopic (exact) mass is 467 g/mol. The molecule has 0 aliphatic carbocycles. The van der Waals surface area contributed by atoms with Gasteiger partial charge in [0, 0.05) is 38.0 Å². The normalized spacial score (nSPS) is 14.3. The highest BCUT2D eigenvalue weighted by molar-refractivity contribution is 5.94. The van der Waals surface area contributed by atoms with Crippen molar-refractivity contribution in [2.45, 2.75) is 32.2 Å². The van der Waals surface area contributed by atoms with Gasteiger partial charge in [-0.2, -0.15) is 0 Å². The zero-order chi connectivity index (χ0) is 24.2. The maximum Gasteiger partial charge on any atom is 0.419 e.